The lowest BCUT2D eigenvalue weighted by Gasteiger charge is -2.30. The Kier molecular flexibility index (Phi) is 3.25. The van der Waals surface area contributed by atoms with Crippen LogP contribution in [0.15, 0.2) is 53.0 Å². The number of hydrogen-bond donors (Lipinski definition) is 1. The van der Waals surface area contributed by atoms with Gasteiger partial charge in [0.2, 0.25) is 5.91 Å². The topological polar surface area (TPSA) is 32.3 Å². The number of rotatable bonds is 2. The number of carbonyl (C=O) groups is 1. The average Bonchev–Trinajstić information content (AvgIpc) is 2.44. The Hall–Kier alpha value is -1.81. The Labute approximate surface area is 120 Å². The summed E-state index contributed by atoms with van der Waals surface area (Å²) >= 11 is 3.42. The molecule has 3 nitrogen and oxygen atoms in total. The van der Waals surface area contributed by atoms with Gasteiger partial charge in [-0.3, -0.25) is 4.79 Å². The molecule has 1 N–H and O–H groups in total. The van der Waals surface area contributed by atoms with Gasteiger partial charge >= 0.3 is 0 Å². The molecule has 0 saturated heterocycles. The molecule has 1 aliphatic heterocycles. The molecule has 0 bridgehead atoms. The third kappa shape index (κ3) is 2.49. The van der Waals surface area contributed by atoms with Crippen molar-refractivity contribution in [1.82, 2.24) is 0 Å². The molecule has 1 heterocycles. The molecule has 0 fully saturated rings. The van der Waals surface area contributed by atoms with E-state index in [2.05, 4.69) is 21.2 Å². The van der Waals surface area contributed by atoms with Crippen LogP contribution in [0.3, 0.4) is 0 Å². The zero-order valence-electron chi connectivity index (χ0n) is 10.3. The number of nitrogens with one attached hydrogen (secondary N) is 1. The third-order valence-electron chi connectivity index (χ3n) is 3.18. The number of halogens is 1. The number of carbonyl (C=O) groups excluding carboxylic acids is 1. The van der Waals surface area contributed by atoms with E-state index in [4.69, 9.17) is 0 Å². The smallest absolute Gasteiger partial charge is 0.246 e. The molecular weight excluding hydrogens is 304 g/mol. The van der Waals surface area contributed by atoms with Crippen molar-refractivity contribution in [2.24, 2.45) is 0 Å². The zero-order chi connectivity index (χ0) is 13.2. The zero-order valence-corrected chi connectivity index (χ0v) is 11.9. The van der Waals surface area contributed by atoms with Gasteiger partial charge in [0.15, 0.2) is 0 Å². The molecule has 0 radical (unpaired) electrons. The highest BCUT2D eigenvalue weighted by Crippen LogP contribution is 2.30. The highest BCUT2D eigenvalue weighted by molar-refractivity contribution is 9.10. The van der Waals surface area contributed by atoms with Crippen LogP contribution in [0.25, 0.3) is 0 Å². The van der Waals surface area contributed by atoms with Crippen molar-refractivity contribution >= 4 is 33.2 Å². The number of hydrogen-bond acceptors (Lipinski definition) is 2. The minimum Gasteiger partial charge on any atom is -0.374 e. The highest BCUT2D eigenvalue weighted by Gasteiger charge is 2.23. The summed E-state index contributed by atoms with van der Waals surface area (Å²) in [5.74, 6) is 0.0987. The summed E-state index contributed by atoms with van der Waals surface area (Å²) in [7, 11) is 0. The first-order chi connectivity index (χ1) is 9.24. The summed E-state index contributed by atoms with van der Waals surface area (Å²) < 4.78 is 1.04. The summed E-state index contributed by atoms with van der Waals surface area (Å²) in [6.45, 7) is 0.957. The lowest BCUT2D eigenvalue weighted by atomic mass is 10.1. The second-order valence-electron chi connectivity index (χ2n) is 4.48. The first kappa shape index (κ1) is 12.2. The Morgan fingerprint density at radius 3 is 2.63 bits per heavy atom. The average molecular weight is 317 g/mol. The first-order valence-electron chi connectivity index (χ1n) is 6.12. The van der Waals surface area contributed by atoms with E-state index in [0.717, 1.165) is 21.4 Å². The van der Waals surface area contributed by atoms with Crippen LogP contribution in [0.2, 0.25) is 0 Å². The van der Waals surface area contributed by atoms with Crippen molar-refractivity contribution in [3.63, 3.8) is 0 Å². The van der Waals surface area contributed by atoms with Gasteiger partial charge in [0.05, 0.1) is 24.5 Å². The van der Waals surface area contributed by atoms with E-state index in [9.17, 15) is 4.79 Å². The molecule has 0 unspecified atom stereocenters. The van der Waals surface area contributed by atoms with Gasteiger partial charge in [0.25, 0.3) is 0 Å². The van der Waals surface area contributed by atoms with E-state index in [1.807, 2.05) is 53.4 Å². The fourth-order valence-electron chi connectivity index (χ4n) is 2.20. The van der Waals surface area contributed by atoms with Crippen molar-refractivity contribution < 1.29 is 4.79 Å². The Morgan fingerprint density at radius 1 is 1.11 bits per heavy atom. The van der Waals surface area contributed by atoms with Gasteiger partial charge in [-0.25, -0.2) is 0 Å². The molecule has 3 rings (SSSR count). The summed E-state index contributed by atoms with van der Waals surface area (Å²) in [5, 5.41) is 3.14. The number of nitrogens with zero attached hydrogens (tertiary/aromatic N) is 1. The number of anilines is 2. The third-order valence-corrected chi connectivity index (χ3v) is 3.71. The lowest BCUT2D eigenvalue weighted by Crippen LogP contribution is -2.39. The van der Waals surface area contributed by atoms with Crippen molar-refractivity contribution in [3.8, 4) is 0 Å². The molecule has 1 aliphatic rings. The van der Waals surface area contributed by atoms with Crippen molar-refractivity contribution in [2.45, 2.75) is 6.54 Å². The molecule has 2 aromatic carbocycles. The van der Waals surface area contributed by atoms with Crippen LogP contribution in [0, 0.1) is 0 Å². The van der Waals surface area contributed by atoms with Gasteiger partial charge in [0.1, 0.15) is 0 Å². The SMILES string of the molecule is O=C1CNc2ccccc2N1Cc1ccc(Br)cc1. The van der Waals surface area contributed by atoms with Crippen molar-refractivity contribution in [2.75, 3.05) is 16.8 Å². The fraction of sp³-hybridized carbons (Fsp3) is 0.133. The van der Waals surface area contributed by atoms with Gasteiger partial charge in [-0.2, -0.15) is 0 Å². The van der Waals surface area contributed by atoms with Gasteiger partial charge in [0, 0.05) is 4.47 Å². The normalized spacial score (nSPS) is 13.9. The summed E-state index contributed by atoms with van der Waals surface area (Å²) in [5.41, 5.74) is 3.08. The lowest BCUT2D eigenvalue weighted by molar-refractivity contribution is -0.117. The second kappa shape index (κ2) is 5.05. The predicted octanol–water partition coefficient (Wildman–Crippen LogP) is 3.41. The maximum atomic E-state index is 12.1. The van der Waals surface area contributed by atoms with Crippen LogP contribution >= 0.6 is 15.9 Å². The minimum absolute atomic E-state index is 0.0987. The quantitative estimate of drug-likeness (QED) is 0.921. The molecule has 2 aromatic rings. The maximum Gasteiger partial charge on any atom is 0.246 e. The van der Waals surface area contributed by atoms with E-state index in [-0.39, 0.29) is 5.91 Å². The molecular formula is C15H13BrN2O. The van der Waals surface area contributed by atoms with Gasteiger partial charge in [-0.1, -0.05) is 40.2 Å². The van der Waals surface area contributed by atoms with E-state index < -0.39 is 0 Å². The van der Waals surface area contributed by atoms with Crippen LogP contribution in [-0.4, -0.2) is 12.5 Å². The van der Waals surface area contributed by atoms with Crippen LogP contribution < -0.4 is 10.2 Å². The summed E-state index contributed by atoms with van der Waals surface area (Å²) in [6, 6.07) is 15.9. The number of amides is 1. The van der Waals surface area contributed by atoms with E-state index in [0.29, 0.717) is 13.1 Å². The van der Waals surface area contributed by atoms with Gasteiger partial charge in [-0.15, -0.1) is 0 Å². The predicted molar refractivity (Wildman–Crippen MR) is 80.3 cm³/mol. The highest BCUT2D eigenvalue weighted by atomic mass is 79.9. The second-order valence-corrected chi connectivity index (χ2v) is 5.39. The standard InChI is InChI=1S/C15H13BrN2O/c16-12-7-5-11(6-8-12)10-18-14-4-2-1-3-13(14)17-9-15(18)19/h1-8,17H,9-10H2. The number of benzene rings is 2. The van der Waals surface area contributed by atoms with E-state index in [1.54, 1.807) is 0 Å². The summed E-state index contributed by atoms with van der Waals surface area (Å²) in [6.07, 6.45) is 0. The number of fused-ring (bicyclic) bond motifs is 1. The minimum atomic E-state index is 0.0987. The largest absolute Gasteiger partial charge is 0.374 e. The summed E-state index contributed by atoms with van der Waals surface area (Å²) in [4.78, 5) is 13.9. The molecule has 1 amide bonds. The Balaban J connectivity index is 1.91. The molecule has 0 aliphatic carbocycles. The molecule has 0 aromatic heterocycles. The van der Waals surface area contributed by atoms with Crippen molar-refractivity contribution in [1.29, 1.82) is 0 Å². The molecule has 0 spiro atoms. The Bertz CT molecular complexity index is 610. The van der Waals surface area contributed by atoms with Crippen LogP contribution in [0.1, 0.15) is 5.56 Å². The van der Waals surface area contributed by atoms with E-state index >= 15 is 0 Å². The van der Waals surface area contributed by atoms with Crippen LogP contribution in [0.5, 0.6) is 0 Å². The van der Waals surface area contributed by atoms with Crippen LogP contribution in [-0.2, 0) is 11.3 Å². The molecule has 96 valence electrons. The molecule has 19 heavy (non-hydrogen) atoms. The molecule has 4 heteroatoms. The van der Waals surface area contributed by atoms with Gasteiger partial charge < -0.3 is 10.2 Å². The first-order valence-corrected chi connectivity index (χ1v) is 6.91. The number of para-hydroxylation sites is 2. The van der Waals surface area contributed by atoms with Gasteiger partial charge in [-0.05, 0) is 29.8 Å². The fourth-order valence-corrected chi connectivity index (χ4v) is 2.47. The Morgan fingerprint density at radius 2 is 1.84 bits per heavy atom. The monoisotopic (exact) mass is 316 g/mol. The van der Waals surface area contributed by atoms with Crippen LogP contribution in [0.4, 0.5) is 11.4 Å². The molecule has 0 atom stereocenters. The van der Waals surface area contributed by atoms with E-state index in [1.165, 1.54) is 0 Å². The van der Waals surface area contributed by atoms with Crippen molar-refractivity contribution in [3.05, 3.63) is 58.6 Å². The molecule has 0 saturated carbocycles. The maximum absolute atomic E-state index is 12.1.